The zero-order valence-corrected chi connectivity index (χ0v) is 18.1. The van der Waals surface area contributed by atoms with Crippen molar-refractivity contribution in [3.05, 3.63) is 47.5 Å². The Kier molecular flexibility index (Phi) is 6.22. The number of ether oxygens (including phenoxy) is 1. The summed E-state index contributed by atoms with van der Waals surface area (Å²) in [4.78, 5) is 28.6. The van der Waals surface area contributed by atoms with Crippen LogP contribution in [0.3, 0.4) is 0 Å². The molecule has 2 N–H and O–H groups in total. The second kappa shape index (κ2) is 9.22. The van der Waals surface area contributed by atoms with Crippen LogP contribution in [0.4, 0.5) is 11.6 Å². The predicted molar refractivity (Wildman–Crippen MR) is 118 cm³/mol. The highest BCUT2D eigenvalue weighted by molar-refractivity contribution is 5.93. The van der Waals surface area contributed by atoms with Crippen LogP contribution in [0.1, 0.15) is 30.1 Å². The molecular weight excluding hydrogens is 394 g/mol. The number of aromatic amines is 1. The number of hydrogen-bond donors (Lipinski definition) is 2. The van der Waals surface area contributed by atoms with Crippen LogP contribution in [0.5, 0.6) is 0 Å². The molecule has 1 aromatic carbocycles. The maximum Gasteiger partial charge on any atom is 0.229 e. The second-order valence-corrected chi connectivity index (χ2v) is 7.84. The summed E-state index contributed by atoms with van der Waals surface area (Å²) in [5, 5.41) is 10.1. The molecule has 9 heteroatoms. The van der Waals surface area contributed by atoms with Gasteiger partial charge in [-0.2, -0.15) is 5.10 Å². The normalized spacial score (nSPS) is 16.4. The molecule has 3 aromatic rings. The maximum atomic E-state index is 13.0. The maximum absolute atomic E-state index is 13.0. The molecule has 1 aliphatic rings. The molecule has 0 aliphatic carbocycles. The number of nitrogens with zero attached hydrogens (tertiary/aromatic N) is 5. The van der Waals surface area contributed by atoms with Gasteiger partial charge >= 0.3 is 0 Å². The van der Waals surface area contributed by atoms with Crippen molar-refractivity contribution in [1.29, 1.82) is 0 Å². The van der Waals surface area contributed by atoms with Crippen molar-refractivity contribution in [2.24, 2.45) is 5.92 Å². The van der Waals surface area contributed by atoms with E-state index in [2.05, 4.69) is 35.4 Å². The molecule has 1 aliphatic heterocycles. The van der Waals surface area contributed by atoms with Crippen molar-refractivity contribution in [1.82, 2.24) is 25.1 Å². The lowest BCUT2D eigenvalue weighted by Crippen LogP contribution is -2.41. The summed E-state index contributed by atoms with van der Waals surface area (Å²) in [5.41, 5.74) is 3.42. The SMILES string of the molecule is COCc1nc(-c2cccc(NC(=O)[C@H]3CCCN(c4nc(C)cc(C)n4)C3)c2)n[nH]1. The van der Waals surface area contributed by atoms with Gasteiger partial charge in [-0.1, -0.05) is 12.1 Å². The minimum Gasteiger partial charge on any atom is -0.377 e. The van der Waals surface area contributed by atoms with Gasteiger partial charge in [0.15, 0.2) is 11.6 Å². The van der Waals surface area contributed by atoms with Crippen molar-refractivity contribution in [3.8, 4) is 11.4 Å². The number of carbonyl (C=O) groups is 1. The number of methoxy groups -OCH3 is 1. The number of carbonyl (C=O) groups excluding carboxylic acids is 1. The number of amides is 1. The van der Waals surface area contributed by atoms with Crippen LogP contribution in [0.2, 0.25) is 0 Å². The van der Waals surface area contributed by atoms with Crippen molar-refractivity contribution >= 4 is 17.5 Å². The number of nitrogens with one attached hydrogen (secondary N) is 2. The number of anilines is 2. The van der Waals surface area contributed by atoms with Gasteiger partial charge in [-0.25, -0.2) is 15.0 Å². The van der Waals surface area contributed by atoms with E-state index < -0.39 is 0 Å². The van der Waals surface area contributed by atoms with E-state index in [4.69, 9.17) is 4.74 Å². The van der Waals surface area contributed by atoms with Crippen molar-refractivity contribution < 1.29 is 9.53 Å². The zero-order chi connectivity index (χ0) is 21.8. The fourth-order valence-electron chi connectivity index (χ4n) is 3.83. The summed E-state index contributed by atoms with van der Waals surface area (Å²) in [6, 6.07) is 9.50. The van der Waals surface area contributed by atoms with Crippen LogP contribution in [0.25, 0.3) is 11.4 Å². The van der Waals surface area contributed by atoms with Gasteiger partial charge in [-0.05, 0) is 44.9 Å². The highest BCUT2D eigenvalue weighted by atomic mass is 16.5. The standard InChI is InChI=1S/C22H27N7O2/c1-14-10-15(2)24-22(23-14)29-9-5-7-17(12-29)21(30)25-18-8-4-6-16(11-18)20-26-19(13-31-3)27-28-20/h4,6,8,10-11,17H,5,7,9,12-13H2,1-3H3,(H,25,30)(H,26,27,28)/t17-/m0/s1. The quantitative estimate of drug-likeness (QED) is 0.630. The van der Waals surface area contributed by atoms with E-state index in [9.17, 15) is 4.79 Å². The molecule has 4 rings (SSSR count). The summed E-state index contributed by atoms with van der Waals surface area (Å²) in [6.07, 6.45) is 1.77. The highest BCUT2D eigenvalue weighted by Gasteiger charge is 2.27. The predicted octanol–water partition coefficient (Wildman–Crippen LogP) is 2.88. The number of hydrogen-bond acceptors (Lipinski definition) is 7. The van der Waals surface area contributed by atoms with E-state index in [0.717, 1.165) is 42.0 Å². The van der Waals surface area contributed by atoms with Gasteiger partial charge in [-0.15, -0.1) is 0 Å². The first-order valence-electron chi connectivity index (χ1n) is 10.4. The third-order valence-corrected chi connectivity index (χ3v) is 5.25. The van der Waals surface area contributed by atoms with Crippen LogP contribution in [-0.4, -0.2) is 51.3 Å². The first kappa shape index (κ1) is 20.9. The van der Waals surface area contributed by atoms with Gasteiger partial charge in [0.25, 0.3) is 0 Å². The Hall–Kier alpha value is -3.33. The molecule has 0 bridgehead atoms. The van der Waals surface area contributed by atoms with Crippen LogP contribution < -0.4 is 10.2 Å². The van der Waals surface area contributed by atoms with E-state index >= 15 is 0 Å². The first-order chi connectivity index (χ1) is 15.0. The lowest BCUT2D eigenvalue weighted by Gasteiger charge is -2.32. The van der Waals surface area contributed by atoms with E-state index in [1.807, 2.05) is 44.2 Å². The molecule has 1 atom stereocenters. The summed E-state index contributed by atoms with van der Waals surface area (Å²) in [5.74, 6) is 1.80. The van der Waals surface area contributed by atoms with Gasteiger partial charge in [0.1, 0.15) is 6.61 Å². The Labute approximate surface area is 181 Å². The smallest absolute Gasteiger partial charge is 0.229 e. The first-order valence-corrected chi connectivity index (χ1v) is 10.4. The average Bonchev–Trinajstić information content (AvgIpc) is 3.22. The molecule has 3 heterocycles. The van der Waals surface area contributed by atoms with E-state index in [1.165, 1.54) is 0 Å². The van der Waals surface area contributed by atoms with Crippen molar-refractivity contribution in [3.63, 3.8) is 0 Å². The van der Waals surface area contributed by atoms with E-state index in [1.54, 1.807) is 7.11 Å². The molecule has 1 amide bonds. The molecule has 0 spiro atoms. The lowest BCUT2D eigenvalue weighted by atomic mass is 9.97. The van der Waals surface area contributed by atoms with Crippen LogP contribution in [0, 0.1) is 19.8 Å². The van der Waals surface area contributed by atoms with Gasteiger partial charge in [0.05, 0.1) is 5.92 Å². The molecule has 0 saturated carbocycles. The minimum absolute atomic E-state index is 0.00119. The molecular formula is C22H27N7O2. The largest absolute Gasteiger partial charge is 0.377 e. The van der Waals surface area contributed by atoms with Crippen molar-refractivity contribution in [2.75, 3.05) is 30.4 Å². The lowest BCUT2D eigenvalue weighted by molar-refractivity contribution is -0.120. The number of piperidine rings is 1. The Bertz CT molecular complexity index is 1050. The summed E-state index contributed by atoms with van der Waals surface area (Å²) in [7, 11) is 1.61. The highest BCUT2D eigenvalue weighted by Crippen LogP contribution is 2.24. The number of rotatable bonds is 6. The van der Waals surface area contributed by atoms with Gasteiger partial charge in [0, 0.05) is 42.8 Å². The van der Waals surface area contributed by atoms with E-state index in [0.29, 0.717) is 30.7 Å². The fourth-order valence-corrected chi connectivity index (χ4v) is 3.83. The second-order valence-electron chi connectivity index (χ2n) is 7.84. The van der Waals surface area contributed by atoms with Crippen molar-refractivity contribution in [2.45, 2.75) is 33.3 Å². The number of H-pyrrole nitrogens is 1. The van der Waals surface area contributed by atoms with Crippen LogP contribution in [-0.2, 0) is 16.1 Å². The Morgan fingerprint density at radius 1 is 1.23 bits per heavy atom. The molecule has 1 saturated heterocycles. The summed E-state index contributed by atoms with van der Waals surface area (Å²) in [6.45, 7) is 5.76. The molecule has 1 fully saturated rings. The topological polar surface area (TPSA) is 109 Å². The Morgan fingerprint density at radius 2 is 2.03 bits per heavy atom. The van der Waals surface area contributed by atoms with Crippen LogP contribution >= 0.6 is 0 Å². The van der Waals surface area contributed by atoms with Crippen LogP contribution in [0.15, 0.2) is 30.3 Å². The van der Waals surface area contributed by atoms with Gasteiger partial charge < -0.3 is 15.0 Å². The third kappa shape index (κ3) is 5.05. The third-order valence-electron chi connectivity index (χ3n) is 5.25. The minimum atomic E-state index is -0.126. The number of benzene rings is 1. The number of aromatic nitrogens is 5. The molecule has 0 radical (unpaired) electrons. The zero-order valence-electron chi connectivity index (χ0n) is 18.1. The molecule has 2 aromatic heterocycles. The molecule has 31 heavy (non-hydrogen) atoms. The monoisotopic (exact) mass is 421 g/mol. The molecule has 0 unspecified atom stereocenters. The molecule has 9 nitrogen and oxygen atoms in total. The van der Waals surface area contributed by atoms with Gasteiger partial charge in [0.2, 0.25) is 11.9 Å². The fraction of sp³-hybridized carbons (Fsp3) is 0.409. The van der Waals surface area contributed by atoms with Gasteiger partial charge in [-0.3, -0.25) is 9.89 Å². The Morgan fingerprint density at radius 3 is 2.81 bits per heavy atom. The number of aryl methyl sites for hydroxylation is 2. The van der Waals surface area contributed by atoms with E-state index in [-0.39, 0.29) is 11.8 Å². The average molecular weight is 422 g/mol. The Balaban J connectivity index is 1.44. The summed E-state index contributed by atoms with van der Waals surface area (Å²) >= 11 is 0. The summed E-state index contributed by atoms with van der Waals surface area (Å²) < 4.78 is 5.07. The molecule has 162 valence electrons.